The second-order valence-electron chi connectivity index (χ2n) is 19.4. The van der Waals surface area contributed by atoms with Crippen molar-refractivity contribution in [3.05, 3.63) is 12.2 Å². The highest BCUT2D eigenvalue weighted by Gasteiger charge is 2.16. The first-order valence-electron chi connectivity index (χ1n) is 28.2. The summed E-state index contributed by atoms with van der Waals surface area (Å²) >= 11 is 0. The largest absolute Gasteiger partial charge is 0.462 e. The monoisotopic (exact) mass is 875 g/mol. The normalized spacial score (nSPS) is 12.1. The maximum Gasteiger partial charge on any atom is 0.306 e. The van der Waals surface area contributed by atoms with Crippen molar-refractivity contribution in [3.63, 3.8) is 0 Å². The smallest absolute Gasteiger partial charge is 0.306 e. The third kappa shape index (κ3) is 51.3. The molecule has 1 atom stereocenters. The van der Waals surface area contributed by atoms with E-state index in [1.54, 1.807) is 0 Å². The lowest BCUT2D eigenvalue weighted by molar-refractivity contribution is -0.161. The van der Waals surface area contributed by atoms with Gasteiger partial charge in [-0.25, -0.2) is 0 Å². The Morgan fingerprint density at radius 2 is 0.597 bits per heavy atom. The standard InChI is InChI=1S/C57H110O5/c1-3-5-7-9-11-13-15-17-19-21-23-25-26-27-28-29-30-32-34-36-38-40-42-44-46-48-50-52-57(60)62-55(53-58)54-61-56(59)51-49-47-45-43-41-39-37-35-33-31-24-22-20-18-16-14-12-10-8-6-4-2/h21,23,55,58H,3-20,22,24-54H2,1-2H3/b23-21-. The molecule has 0 aliphatic heterocycles. The summed E-state index contributed by atoms with van der Waals surface area (Å²) < 4.78 is 10.7. The van der Waals surface area contributed by atoms with Gasteiger partial charge in [0.25, 0.3) is 0 Å². The van der Waals surface area contributed by atoms with Crippen LogP contribution in [0.3, 0.4) is 0 Å². The van der Waals surface area contributed by atoms with Crippen molar-refractivity contribution in [1.82, 2.24) is 0 Å². The quantitative estimate of drug-likeness (QED) is 0.0374. The van der Waals surface area contributed by atoms with Gasteiger partial charge in [0, 0.05) is 12.8 Å². The van der Waals surface area contributed by atoms with Crippen molar-refractivity contribution in [2.45, 2.75) is 328 Å². The second kappa shape index (κ2) is 54.0. The predicted octanol–water partition coefficient (Wildman–Crippen LogP) is 18.8. The van der Waals surface area contributed by atoms with Crippen molar-refractivity contribution in [3.8, 4) is 0 Å². The molecule has 62 heavy (non-hydrogen) atoms. The van der Waals surface area contributed by atoms with Gasteiger partial charge in [0.05, 0.1) is 6.61 Å². The highest BCUT2D eigenvalue weighted by molar-refractivity contribution is 5.70. The molecule has 0 aromatic rings. The molecule has 0 bridgehead atoms. The molecule has 0 heterocycles. The Morgan fingerprint density at radius 1 is 0.355 bits per heavy atom. The molecule has 1 unspecified atom stereocenters. The Labute approximate surface area is 388 Å². The van der Waals surface area contributed by atoms with Gasteiger partial charge in [0.2, 0.25) is 0 Å². The number of hydrogen-bond acceptors (Lipinski definition) is 5. The summed E-state index contributed by atoms with van der Waals surface area (Å²) in [5.74, 6) is -0.567. The van der Waals surface area contributed by atoms with E-state index in [-0.39, 0.29) is 25.2 Å². The van der Waals surface area contributed by atoms with Gasteiger partial charge in [0.1, 0.15) is 6.61 Å². The van der Waals surface area contributed by atoms with Gasteiger partial charge in [-0.2, -0.15) is 0 Å². The zero-order valence-electron chi connectivity index (χ0n) is 42.2. The van der Waals surface area contributed by atoms with Gasteiger partial charge in [-0.3, -0.25) is 9.59 Å². The van der Waals surface area contributed by atoms with E-state index in [0.717, 1.165) is 32.1 Å². The van der Waals surface area contributed by atoms with E-state index < -0.39 is 6.10 Å². The minimum absolute atomic E-state index is 0.0577. The number of aliphatic hydroxyl groups is 1. The molecule has 0 aromatic heterocycles. The summed E-state index contributed by atoms with van der Waals surface area (Å²) in [6, 6.07) is 0. The van der Waals surface area contributed by atoms with Gasteiger partial charge >= 0.3 is 11.9 Å². The molecule has 0 saturated carbocycles. The Kier molecular flexibility index (Phi) is 52.8. The van der Waals surface area contributed by atoms with Gasteiger partial charge in [-0.1, -0.05) is 283 Å². The van der Waals surface area contributed by atoms with Crippen LogP contribution in [0.1, 0.15) is 322 Å². The Balaban J connectivity index is 3.41. The first-order chi connectivity index (χ1) is 30.6. The Bertz CT molecular complexity index is 902. The summed E-state index contributed by atoms with van der Waals surface area (Å²) in [4.78, 5) is 24.5. The maximum atomic E-state index is 12.3. The molecule has 0 aliphatic carbocycles. The molecule has 0 aliphatic rings. The van der Waals surface area contributed by atoms with Crippen molar-refractivity contribution >= 4 is 11.9 Å². The molecule has 0 amide bonds. The van der Waals surface area contributed by atoms with Crippen LogP contribution in [0.5, 0.6) is 0 Å². The van der Waals surface area contributed by atoms with Gasteiger partial charge < -0.3 is 14.6 Å². The molecule has 5 heteroatoms. The molecule has 0 rings (SSSR count). The fourth-order valence-electron chi connectivity index (χ4n) is 8.79. The Morgan fingerprint density at radius 3 is 0.871 bits per heavy atom. The van der Waals surface area contributed by atoms with Crippen LogP contribution >= 0.6 is 0 Å². The lowest BCUT2D eigenvalue weighted by Crippen LogP contribution is -2.28. The molecule has 5 nitrogen and oxygen atoms in total. The van der Waals surface area contributed by atoms with Crippen LogP contribution in [0.15, 0.2) is 12.2 Å². The fourth-order valence-corrected chi connectivity index (χ4v) is 8.79. The number of esters is 2. The SMILES string of the molecule is CCCCCCCCCC/C=C\CCCCCCCCCCCCCCCCCC(=O)OC(CO)COC(=O)CCCCCCCCCCCCCCCCCCCCCCC. The maximum absolute atomic E-state index is 12.3. The van der Waals surface area contributed by atoms with Crippen molar-refractivity contribution in [2.75, 3.05) is 13.2 Å². The number of unbranched alkanes of at least 4 members (excludes halogenated alkanes) is 43. The zero-order valence-corrected chi connectivity index (χ0v) is 42.2. The number of allylic oxidation sites excluding steroid dienone is 2. The highest BCUT2D eigenvalue weighted by Crippen LogP contribution is 2.18. The third-order valence-electron chi connectivity index (χ3n) is 13.1. The number of carbonyl (C=O) groups excluding carboxylic acids is 2. The van der Waals surface area contributed by atoms with Crippen molar-refractivity contribution in [2.24, 2.45) is 0 Å². The lowest BCUT2D eigenvalue weighted by atomic mass is 10.0. The third-order valence-corrected chi connectivity index (χ3v) is 13.1. The summed E-state index contributed by atoms with van der Waals surface area (Å²) in [6.07, 6.45) is 66.2. The van der Waals surface area contributed by atoms with Crippen molar-refractivity contribution < 1.29 is 24.2 Å². The van der Waals surface area contributed by atoms with Crippen LogP contribution in [0.2, 0.25) is 0 Å². The molecule has 0 radical (unpaired) electrons. The van der Waals surface area contributed by atoms with E-state index in [9.17, 15) is 14.7 Å². The van der Waals surface area contributed by atoms with Crippen LogP contribution in [-0.2, 0) is 19.1 Å². The van der Waals surface area contributed by atoms with Gasteiger partial charge in [-0.15, -0.1) is 0 Å². The lowest BCUT2D eigenvalue weighted by Gasteiger charge is -2.15. The summed E-state index contributed by atoms with van der Waals surface area (Å²) in [7, 11) is 0. The predicted molar refractivity (Wildman–Crippen MR) is 270 cm³/mol. The zero-order chi connectivity index (χ0) is 44.9. The van der Waals surface area contributed by atoms with E-state index in [1.807, 2.05) is 0 Å². The summed E-state index contributed by atoms with van der Waals surface area (Å²) in [6.45, 7) is 4.20. The van der Waals surface area contributed by atoms with Gasteiger partial charge in [-0.05, 0) is 38.5 Å². The first kappa shape index (κ1) is 60.6. The number of rotatable bonds is 53. The molecular formula is C57H110O5. The number of ether oxygens (including phenoxy) is 2. The van der Waals surface area contributed by atoms with E-state index in [4.69, 9.17) is 9.47 Å². The average molecular weight is 876 g/mol. The number of carbonyl (C=O) groups is 2. The van der Waals surface area contributed by atoms with Crippen LogP contribution in [0.25, 0.3) is 0 Å². The van der Waals surface area contributed by atoms with E-state index in [0.29, 0.717) is 12.8 Å². The average Bonchev–Trinajstić information content (AvgIpc) is 3.28. The topological polar surface area (TPSA) is 72.8 Å². The van der Waals surface area contributed by atoms with Crippen LogP contribution in [-0.4, -0.2) is 36.4 Å². The van der Waals surface area contributed by atoms with E-state index >= 15 is 0 Å². The van der Waals surface area contributed by atoms with E-state index in [1.165, 1.54) is 263 Å². The van der Waals surface area contributed by atoms with E-state index in [2.05, 4.69) is 26.0 Å². The minimum Gasteiger partial charge on any atom is -0.462 e. The molecule has 0 saturated heterocycles. The molecule has 0 spiro atoms. The number of hydrogen-bond donors (Lipinski definition) is 1. The molecule has 0 fully saturated rings. The minimum atomic E-state index is -0.766. The highest BCUT2D eigenvalue weighted by atomic mass is 16.6. The molecule has 0 aromatic carbocycles. The number of aliphatic hydroxyl groups excluding tert-OH is 1. The summed E-state index contributed by atoms with van der Waals surface area (Å²) in [5, 5.41) is 9.65. The molecule has 1 N–H and O–H groups in total. The second-order valence-corrected chi connectivity index (χ2v) is 19.4. The molecule has 368 valence electrons. The van der Waals surface area contributed by atoms with Crippen LogP contribution in [0.4, 0.5) is 0 Å². The van der Waals surface area contributed by atoms with Gasteiger partial charge in [0.15, 0.2) is 6.10 Å². The van der Waals surface area contributed by atoms with Crippen LogP contribution < -0.4 is 0 Å². The fraction of sp³-hybridized carbons (Fsp3) is 0.930. The van der Waals surface area contributed by atoms with Crippen molar-refractivity contribution in [1.29, 1.82) is 0 Å². The van der Waals surface area contributed by atoms with Crippen LogP contribution in [0, 0.1) is 0 Å². The molecular weight excluding hydrogens is 765 g/mol. The first-order valence-corrected chi connectivity index (χ1v) is 28.2. The Hall–Kier alpha value is -1.36. The summed E-state index contributed by atoms with van der Waals surface area (Å²) in [5.41, 5.74) is 0.